The molecule has 0 spiro atoms. The molecule has 2 atom stereocenters. The highest BCUT2D eigenvalue weighted by molar-refractivity contribution is 8.15. The summed E-state index contributed by atoms with van der Waals surface area (Å²) in [7, 11) is -2.99. The summed E-state index contributed by atoms with van der Waals surface area (Å²) in [6.45, 7) is 4.24. The second-order valence-corrected chi connectivity index (χ2v) is 9.73. The Morgan fingerprint density at radius 3 is 2.80 bits per heavy atom. The largest absolute Gasteiger partial charge is 0.342 e. The first kappa shape index (κ1) is 18.2. The van der Waals surface area contributed by atoms with E-state index in [1.807, 2.05) is 23.1 Å². The molecule has 2 saturated heterocycles. The van der Waals surface area contributed by atoms with Gasteiger partial charge in [-0.3, -0.25) is 4.79 Å². The van der Waals surface area contributed by atoms with Crippen LogP contribution in [0, 0.1) is 0 Å². The van der Waals surface area contributed by atoms with Crippen molar-refractivity contribution in [1.29, 1.82) is 0 Å². The highest BCUT2D eigenvalue weighted by Crippen LogP contribution is 2.38. The summed E-state index contributed by atoms with van der Waals surface area (Å²) in [6, 6.07) is 9.97. The third-order valence-corrected chi connectivity index (χ3v) is 7.67. The number of carbonyl (C=O) groups is 1. The maximum absolute atomic E-state index is 12.2. The van der Waals surface area contributed by atoms with Gasteiger partial charge >= 0.3 is 0 Å². The monoisotopic (exact) mass is 378 g/mol. The fourth-order valence-corrected chi connectivity index (χ4v) is 7.22. The number of sulfone groups is 1. The van der Waals surface area contributed by atoms with Crippen LogP contribution in [-0.2, 0) is 21.1 Å². The molecule has 0 aromatic heterocycles. The number of benzene rings is 1. The van der Waals surface area contributed by atoms with Gasteiger partial charge in [0.15, 0.2) is 15.0 Å². The molecular weight excluding hydrogens is 356 g/mol. The molecule has 7 heteroatoms. The lowest BCUT2D eigenvalue weighted by Gasteiger charge is -2.22. The Labute approximate surface area is 153 Å². The average molecular weight is 379 g/mol. The van der Waals surface area contributed by atoms with Gasteiger partial charge in [-0.1, -0.05) is 48.2 Å². The van der Waals surface area contributed by atoms with Gasteiger partial charge in [-0.15, -0.1) is 6.58 Å². The maximum Gasteiger partial charge on any atom is 0.248 e. The second kappa shape index (κ2) is 7.74. The van der Waals surface area contributed by atoms with Gasteiger partial charge in [-0.25, -0.2) is 8.42 Å². The SMILES string of the molecule is C=CCN1C(=NC(=O)CCCc2ccccc2)S[C@H]2CS(=O)(=O)C[C@@H]21. The summed E-state index contributed by atoms with van der Waals surface area (Å²) in [6.07, 6.45) is 3.73. The van der Waals surface area contributed by atoms with Gasteiger partial charge in [-0.2, -0.15) is 4.99 Å². The van der Waals surface area contributed by atoms with Crippen LogP contribution >= 0.6 is 11.8 Å². The van der Waals surface area contributed by atoms with Gasteiger partial charge in [0.05, 0.1) is 17.5 Å². The van der Waals surface area contributed by atoms with Gasteiger partial charge < -0.3 is 4.90 Å². The first-order valence-corrected chi connectivity index (χ1v) is 11.1. The molecule has 2 fully saturated rings. The predicted molar refractivity (Wildman–Crippen MR) is 103 cm³/mol. The van der Waals surface area contributed by atoms with Gasteiger partial charge in [0.2, 0.25) is 5.91 Å². The van der Waals surface area contributed by atoms with Crippen molar-refractivity contribution in [2.45, 2.75) is 30.6 Å². The maximum atomic E-state index is 12.2. The first-order valence-electron chi connectivity index (χ1n) is 8.38. The molecule has 0 aliphatic carbocycles. The van der Waals surface area contributed by atoms with Crippen LogP contribution in [0.25, 0.3) is 0 Å². The van der Waals surface area contributed by atoms with Crippen LogP contribution in [-0.4, -0.2) is 53.7 Å². The van der Waals surface area contributed by atoms with Gasteiger partial charge in [0, 0.05) is 18.2 Å². The lowest BCUT2D eigenvalue weighted by molar-refractivity contribution is -0.117. The van der Waals surface area contributed by atoms with Crippen LogP contribution in [0.2, 0.25) is 0 Å². The zero-order valence-corrected chi connectivity index (χ0v) is 15.6. The molecule has 1 aromatic carbocycles. The Balaban J connectivity index is 1.60. The molecule has 2 aliphatic heterocycles. The van der Waals surface area contributed by atoms with Gasteiger partial charge in [0.25, 0.3) is 0 Å². The number of hydrogen-bond donors (Lipinski definition) is 0. The average Bonchev–Trinajstić information content (AvgIpc) is 3.01. The minimum atomic E-state index is -2.99. The minimum Gasteiger partial charge on any atom is -0.342 e. The van der Waals surface area contributed by atoms with Crippen LogP contribution in [0.4, 0.5) is 0 Å². The molecule has 0 unspecified atom stereocenters. The molecule has 134 valence electrons. The third-order valence-electron chi connectivity index (χ3n) is 4.42. The number of aryl methyl sites for hydroxylation is 1. The number of rotatable bonds is 6. The van der Waals surface area contributed by atoms with Crippen molar-refractivity contribution in [3.05, 3.63) is 48.6 Å². The van der Waals surface area contributed by atoms with Crippen LogP contribution in [0.5, 0.6) is 0 Å². The Morgan fingerprint density at radius 1 is 1.32 bits per heavy atom. The summed E-state index contributed by atoms with van der Waals surface area (Å²) in [5.41, 5.74) is 1.21. The van der Waals surface area contributed by atoms with Crippen LogP contribution < -0.4 is 0 Å². The van der Waals surface area contributed by atoms with Crippen molar-refractivity contribution >= 4 is 32.7 Å². The van der Waals surface area contributed by atoms with Crippen molar-refractivity contribution in [2.24, 2.45) is 4.99 Å². The second-order valence-electron chi connectivity index (χ2n) is 6.37. The molecule has 0 bridgehead atoms. The summed E-state index contributed by atoms with van der Waals surface area (Å²) in [5.74, 6) is 0.159. The summed E-state index contributed by atoms with van der Waals surface area (Å²) >= 11 is 1.42. The molecular formula is C18H22N2O3S2. The number of nitrogens with zero attached hydrogens (tertiary/aromatic N) is 2. The first-order chi connectivity index (χ1) is 12.0. The molecule has 0 N–H and O–H groups in total. The normalized spacial score (nSPS) is 25.9. The molecule has 0 radical (unpaired) electrons. The van der Waals surface area contributed by atoms with E-state index in [2.05, 4.69) is 23.7 Å². The van der Waals surface area contributed by atoms with E-state index in [0.29, 0.717) is 18.1 Å². The van der Waals surface area contributed by atoms with E-state index in [1.54, 1.807) is 6.08 Å². The predicted octanol–water partition coefficient (Wildman–Crippen LogP) is 2.29. The Kier molecular flexibility index (Phi) is 5.64. The molecule has 2 heterocycles. The Morgan fingerprint density at radius 2 is 2.08 bits per heavy atom. The van der Waals surface area contributed by atoms with E-state index in [0.717, 1.165) is 12.8 Å². The molecule has 5 nitrogen and oxygen atoms in total. The smallest absolute Gasteiger partial charge is 0.248 e. The minimum absolute atomic E-state index is 0.0270. The molecule has 1 amide bonds. The summed E-state index contributed by atoms with van der Waals surface area (Å²) < 4.78 is 23.7. The molecule has 0 saturated carbocycles. The number of amidine groups is 1. The number of amides is 1. The van der Waals surface area contributed by atoms with Crippen molar-refractivity contribution in [2.75, 3.05) is 18.1 Å². The molecule has 3 rings (SSSR count). The lowest BCUT2D eigenvalue weighted by Crippen LogP contribution is -2.37. The van der Waals surface area contributed by atoms with E-state index < -0.39 is 9.84 Å². The van der Waals surface area contributed by atoms with Crippen LogP contribution in [0.15, 0.2) is 48.0 Å². The summed E-state index contributed by atoms with van der Waals surface area (Å²) in [4.78, 5) is 18.4. The number of carbonyl (C=O) groups excluding carboxylic acids is 1. The van der Waals surface area contributed by atoms with E-state index in [-0.39, 0.29) is 28.7 Å². The number of hydrogen-bond acceptors (Lipinski definition) is 4. The van der Waals surface area contributed by atoms with Crippen molar-refractivity contribution in [3.8, 4) is 0 Å². The summed E-state index contributed by atoms with van der Waals surface area (Å²) in [5, 5.41) is 0.621. The molecule has 1 aromatic rings. The van der Waals surface area contributed by atoms with Crippen LogP contribution in [0.3, 0.4) is 0 Å². The highest BCUT2D eigenvalue weighted by Gasteiger charge is 2.48. The third kappa shape index (κ3) is 4.52. The lowest BCUT2D eigenvalue weighted by atomic mass is 10.1. The van der Waals surface area contributed by atoms with E-state index in [4.69, 9.17) is 0 Å². The fraction of sp³-hybridized carbons (Fsp3) is 0.444. The topological polar surface area (TPSA) is 66.8 Å². The quantitative estimate of drug-likeness (QED) is 0.711. The zero-order valence-electron chi connectivity index (χ0n) is 14.0. The van der Waals surface area contributed by atoms with Gasteiger partial charge in [-0.05, 0) is 18.4 Å². The zero-order chi connectivity index (χ0) is 17.9. The number of fused-ring (bicyclic) bond motifs is 1. The Hall–Kier alpha value is -1.60. The van der Waals surface area contributed by atoms with Crippen LogP contribution in [0.1, 0.15) is 18.4 Å². The van der Waals surface area contributed by atoms with E-state index in [9.17, 15) is 13.2 Å². The van der Waals surface area contributed by atoms with Crippen molar-refractivity contribution in [3.63, 3.8) is 0 Å². The highest BCUT2D eigenvalue weighted by atomic mass is 32.2. The Bertz CT molecular complexity index is 775. The number of aliphatic imine (C=N–C) groups is 1. The standard InChI is InChI=1S/C18H22N2O3S2/c1-2-11-20-15-12-25(22,23)13-16(15)24-18(20)19-17(21)10-6-9-14-7-4-3-5-8-14/h2-5,7-8,15-16H,1,6,9-13H2/t15-,16-/m0/s1. The number of thioether (sulfide) groups is 1. The van der Waals surface area contributed by atoms with E-state index >= 15 is 0 Å². The van der Waals surface area contributed by atoms with Crippen molar-refractivity contribution in [1.82, 2.24) is 4.90 Å². The van der Waals surface area contributed by atoms with Gasteiger partial charge in [0.1, 0.15) is 0 Å². The fourth-order valence-electron chi connectivity index (χ4n) is 3.24. The molecule has 25 heavy (non-hydrogen) atoms. The van der Waals surface area contributed by atoms with Crippen molar-refractivity contribution < 1.29 is 13.2 Å². The van der Waals surface area contributed by atoms with E-state index in [1.165, 1.54) is 17.3 Å². The molecule has 2 aliphatic rings.